The number of aromatic nitrogens is 2. The van der Waals surface area contributed by atoms with Gasteiger partial charge in [-0.25, -0.2) is 9.37 Å². The van der Waals surface area contributed by atoms with Crippen LogP contribution in [0.15, 0.2) is 47.3 Å². The number of nitrogens with one attached hydrogen (secondary N) is 2. The van der Waals surface area contributed by atoms with E-state index in [1.165, 1.54) is 18.2 Å². The number of halogens is 3. The van der Waals surface area contributed by atoms with Crippen LogP contribution in [0.5, 0.6) is 5.75 Å². The molecule has 2 atom stereocenters. The van der Waals surface area contributed by atoms with Crippen LogP contribution in [0.1, 0.15) is 5.69 Å². The minimum Gasteiger partial charge on any atom is -0.480 e. The molecule has 194 valence electrons. The molecule has 0 saturated carbocycles. The molecular formula is C24H28Cl2FN5O4. The molecule has 2 aliphatic rings. The maximum atomic E-state index is 13.7. The second-order valence-electron chi connectivity index (χ2n) is 8.73. The molecule has 0 unspecified atom stereocenters. The minimum absolute atomic E-state index is 0. The second kappa shape index (κ2) is 12.0. The standard InChI is InChI=1S/C24H26FN5O4.2ClH/c25-17-3-1-15-2-6-23(33)30(19(15)9-17)8-7-29-12-16(20(31)13-29)10-26-11-18-4-5-21-24(27-18)28-22(32)14-34-21;;/h1-6,9,16,20,26,31H,7-8,10-14H2,(H,27,28,32);2*1H/t16-,20+;;/m0../s1. The molecule has 1 aromatic carbocycles. The number of nitrogens with zero attached hydrogens (tertiary/aromatic N) is 3. The summed E-state index contributed by atoms with van der Waals surface area (Å²) < 4.78 is 20.6. The van der Waals surface area contributed by atoms with Crippen LogP contribution in [0.4, 0.5) is 10.2 Å². The number of aliphatic hydroxyl groups excluding tert-OH is 1. The van der Waals surface area contributed by atoms with E-state index >= 15 is 0 Å². The lowest BCUT2D eigenvalue weighted by atomic mass is 10.1. The summed E-state index contributed by atoms with van der Waals surface area (Å²) in [4.78, 5) is 30.4. The molecular weight excluding hydrogens is 512 g/mol. The normalized spacial score (nSPS) is 19.1. The van der Waals surface area contributed by atoms with E-state index in [0.717, 1.165) is 11.1 Å². The Labute approximate surface area is 219 Å². The van der Waals surface area contributed by atoms with E-state index < -0.39 is 6.10 Å². The average Bonchev–Trinajstić information content (AvgIpc) is 3.17. The number of hydrogen-bond acceptors (Lipinski definition) is 7. The summed E-state index contributed by atoms with van der Waals surface area (Å²) in [5.41, 5.74) is 1.16. The smallest absolute Gasteiger partial charge is 0.263 e. The number of likely N-dealkylation sites (tertiary alicyclic amines) is 1. The first-order chi connectivity index (χ1) is 16.5. The molecule has 5 rings (SSSR count). The van der Waals surface area contributed by atoms with Gasteiger partial charge in [-0.1, -0.05) is 0 Å². The highest BCUT2D eigenvalue weighted by molar-refractivity contribution is 5.94. The zero-order valence-corrected chi connectivity index (χ0v) is 21.0. The first kappa shape index (κ1) is 27.8. The number of hydrogen-bond donors (Lipinski definition) is 3. The van der Waals surface area contributed by atoms with E-state index in [1.54, 1.807) is 22.8 Å². The van der Waals surface area contributed by atoms with Crippen LogP contribution in [-0.2, 0) is 17.9 Å². The minimum atomic E-state index is -0.488. The first-order valence-corrected chi connectivity index (χ1v) is 11.3. The highest BCUT2D eigenvalue weighted by Crippen LogP contribution is 2.25. The van der Waals surface area contributed by atoms with Crippen LogP contribution in [0, 0.1) is 11.7 Å². The molecule has 1 saturated heterocycles. The van der Waals surface area contributed by atoms with Crippen molar-refractivity contribution in [1.29, 1.82) is 0 Å². The molecule has 1 fully saturated rings. The first-order valence-electron chi connectivity index (χ1n) is 11.3. The quantitative estimate of drug-likeness (QED) is 0.420. The number of β-amino-alcohol motifs (C(OH)–C–C–N with tert-alkyl or cyclic N) is 1. The van der Waals surface area contributed by atoms with Gasteiger partial charge < -0.3 is 25.0 Å². The molecule has 0 bridgehead atoms. The van der Waals surface area contributed by atoms with E-state index in [0.29, 0.717) is 56.4 Å². The molecule has 2 aliphatic heterocycles. The van der Waals surface area contributed by atoms with Crippen LogP contribution in [-0.4, -0.2) is 64.4 Å². The largest absolute Gasteiger partial charge is 0.480 e. The Balaban J connectivity index is 0.00000180. The van der Waals surface area contributed by atoms with Gasteiger partial charge in [-0.05, 0) is 41.8 Å². The van der Waals surface area contributed by atoms with Crippen LogP contribution >= 0.6 is 24.8 Å². The van der Waals surface area contributed by atoms with E-state index in [9.17, 15) is 19.1 Å². The van der Waals surface area contributed by atoms with E-state index in [1.807, 2.05) is 6.07 Å². The number of anilines is 1. The lowest BCUT2D eigenvalue weighted by Gasteiger charge is -2.18. The van der Waals surface area contributed by atoms with Gasteiger partial charge in [0.2, 0.25) is 0 Å². The van der Waals surface area contributed by atoms with Gasteiger partial charge >= 0.3 is 0 Å². The molecule has 0 aliphatic carbocycles. The third-order valence-corrected chi connectivity index (χ3v) is 6.32. The van der Waals surface area contributed by atoms with Crippen LogP contribution in [0.25, 0.3) is 10.9 Å². The molecule has 3 N–H and O–H groups in total. The molecule has 0 radical (unpaired) electrons. The second-order valence-corrected chi connectivity index (χ2v) is 8.73. The number of benzene rings is 1. The number of carbonyl (C=O) groups is 1. The summed E-state index contributed by atoms with van der Waals surface area (Å²) in [5, 5.41) is 17.4. The molecule has 36 heavy (non-hydrogen) atoms. The molecule has 1 amide bonds. The van der Waals surface area contributed by atoms with E-state index in [2.05, 4.69) is 20.5 Å². The zero-order chi connectivity index (χ0) is 23.7. The number of rotatable bonds is 7. The number of amides is 1. The van der Waals surface area contributed by atoms with Crippen molar-refractivity contribution in [2.45, 2.75) is 19.2 Å². The van der Waals surface area contributed by atoms with Gasteiger partial charge in [-0.15, -0.1) is 24.8 Å². The van der Waals surface area contributed by atoms with Gasteiger partial charge in [-0.3, -0.25) is 14.5 Å². The summed E-state index contributed by atoms with van der Waals surface area (Å²) in [6, 6.07) is 11.3. The number of aliphatic hydroxyl groups is 1. The topological polar surface area (TPSA) is 109 Å². The Morgan fingerprint density at radius 1 is 1.11 bits per heavy atom. The number of carbonyl (C=O) groups excluding carboxylic acids is 1. The Morgan fingerprint density at radius 3 is 2.75 bits per heavy atom. The fraction of sp³-hybridized carbons (Fsp3) is 0.375. The van der Waals surface area contributed by atoms with Crippen molar-refractivity contribution >= 4 is 47.4 Å². The molecule has 0 spiro atoms. The zero-order valence-electron chi connectivity index (χ0n) is 19.4. The maximum absolute atomic E-state index is 13.7. The third kappa shape index (κ3) is 6.13. The summed E-state index contributed by atoms with van der Waals surface area (Å²) in [7, 11) is 0. The summed E-state index contributed by atoms with van der Waals surface area (Å²) >= 11 is 0. The van der Waals surface area contributed by atoms with Crippen molar-refractivity contribution in [2.24, 2.45) is 5.92 Å². The monoisotopic (exact) mass is 539 g/mol. The van der Waals surface area contributed by atoms with Crippen molar-refractivity contribution in [3.8, 4) is 5.75 Å². The van der Waals surface area contributed by atoms with Crippen LogP contribution in [0.2, 0.25) is 0 Å². The number of fused-ring (bicyclic) bond motifs is 2. The highest BCUT2D eigenvalue weighted by atomic mass is 35.5. The van der Waals surface area contributed by atoms with E-state index in [4.69, 9.17) is 4.74 Å². The van der Waals surface area contributed by atoms with Crippen LogP contribution < -0.4 is 20.9 Å². The third-order valence-electron chi connectivity index (χ3n) is 6.32. The SMILES string of the molecule is Cl.Cl.O=C1COc2ccc(CNC[C@H]3CN(CCn4c(=O)ccc5ccc(F)cc54)C[C@H]3O)nc2N1. The van der Waals surface area contributed by atoms with Gasteiger partial charge in [0.1, 0.15) is 5.82 Å². The Kier molecular flexibility index (Phi) is 9.26. The van der Waals surface area contributed by atoms with Gasteiger partial charge in [0.15, 0.2) is 18.2 Å². The Bertz CT molecular complexity index is 1290. The lowest BCUT2D eigenvalue weighted by molar-refractivity contribution is -0.118. The van der Waals surface area contributed by atoms with Gasteiger partial charge in [-0.2, -0.15) is 0 Å². The molecule has 3 aromatic rings. The van der Waals surface area contributed by atoms with Crippen molar-refractivity contribution in [1.82, 2.24) is 19.8 Å². The molecule has 2 aromatic heterocycles. The number of ether oxygens (including phenoxy) is 1. The maximum Gasteiger partial charge on any atom is 0.263 e. The summed E-state index contributed by atoms with van der Waals surface area (Å²) in [5.74, 6) is 0.403. The Hall–Kier alpha value is -2.76. The van der Waals surface area contributed by atoms with Crippen molar-refractivity contribution < 1.29 is 19.0 Å². The fourth-order valence-corrected chi connectivity index (χ4v) is 4.55. The van der Waals surface area contributed by atoms with Crippen molar-refractivity contribution in [2.75, 3.05) is 38.1 Å². The Morgan fingerprint density at radius 2 is 1.92 bits per heavy atom. The molecule has 12 heteroatoms. The van der Waals surface area contributed by atoms with Crippen molar-refractivity contribution in [3.05, 3.63) is 64.3 Å². The average molecular weight is 540 g/mol. The predicted octanol–water partition coefficient (Wildman–Crippen LogP) is 1.79. The van der Waals surface area contributed by atoms with Crippen LogP contribution in [0.3, 0.4) is 0 Å². The van der Waals surface area contributed by atoms with Gasteiger partial charge in [0.05, 0.1) is 17.3 Å². The van der Waals surface area contributed by atoms with Gasteiger partial charge in [0.25, 0.3) is 11.5 Å². The summed E-state index contributed by atoms with van der Waals surface area (Å²) in [6.07, 6.45) is -0.488. The fourth-order valence-electron chi connectivity index (χ4n) is 4.55. The summed E-state index contributed by atoms with van der Waals surface area (Å²) in [6.45, 7) is 3.27. The predicted molar refractivity (Wildman–Crippen MR) is 139 cm³/mol. The van der Waals surface area contributed by atoms with Crippen molar-refractivity contribution in [3.63, 3.8) is 0 Å². The number of pyridine rings is 2. The highest BCUT2D eigenvalue weighted by Gasteiger charge is 2.30. The molecule has 9 nitrogen and oxygen atoms in total. The van der Waals surface area contributed by atoms with Gasteiger partial charge in [0, 0.05) is 51.3 Å². The lowest BCUT2D eigenvalue weighted by Crippen LogP contribution is -2.31. The molecule has 4 heterocycles. The van der Waals surface area contributed by atoms with E-state index in [-0.39, 0.29) is 54.6 Å².